The Hall–Kier alpha value is -2.07. The van der Waals surface area contributed by atoms with E-state index in [0.29, 0.717) is 6.54 Å². The molecular formula is C15H19N3O. The van der Waals surface area contributed by atoms with Crippen LogP contribution in [-0.4, -0.2) is 19.1 Å². The van der Waals surface area contributed by atoms with Crippen molar-refractivity contribution in [3.63, 3.8) is 0 Å². The van der Waals surface area contributed by atoms with Crippen LogP contribution in [0.2, 0.25) is 0 Å². The summed E-state index contributed by atoms with van der Waals surface area (Å²) >= 11 is 0. The fourth-order valence-electron chi connectivity index (χ4n) is 2.02. The third-order valence-corrected chi connectivity index (χ3v) is 3.05. The molecule has 1 aromatic heterocycles. The third kappa shape index (κ3) is 3.23. The number of pyridine rings is 1. The van der Waals surface area contributed by atoms with E-state index in [1.165, 1.54) is 5.56 Å². The Kier molecular flexibility index (Phi) is 4.36. The Morgan fingerprint density at radius 2 is 1.95 bits per heavy atom. The molecule has 0 fully saturated rings. The largest absolute Gasteiger partial charge is 0.497 e. The van der Waals surface area contributed by atoms with Crippen LogP contribution in [0.15, 0.2) is 42.6 Å². The monoisotopic (exact) mass is 257 g/mol. The molecule has 0 radical (unpaired) electrons. The first-order valence-corrected chi connectivity index (χ1v) is 6.22. The first-order valence-electron chi connectivity index (χ1n) is 6.22. The molecule has 0 saturated heterocycles. The van der Waals surface area contributed by atoms with Gasteiger partial charge in [-0.25, -0.2) is 0 Å². The van der Waals surface area contributed by atoms with Crippen molar-refractivity contribution in [3.05, 3.63) is 53.9 Å². The molecule has 0 atom stereocenters. The van der Waals surface area contributed by atoms with E-state index >= 15 is 0 Å². The molecule has 19 heavy (non-hydrogen) atoms. The van der Waals surface area contributed by atoms with Crippen molar-refractivity contribution in [2.45, 2.75) is 13.1 Å². The Morgan fingerprint density at radius 1 is 1.21 bits per heavy atom. The lowest BCUT2D eigenvalue weighted by molar-refractivity contribution is 0.414. The van der Waals surface area contributed by atoms with Gasteiger partial charge in [0, 0.05) is 26.3 Å². The highest BCUT2D eigenvalue weighted by Gasteiger charge is 2.07. The zero-order valence-electron chi connectivity index (χ0n) is 11.3. The molecular weight excluding hydrogens is 238 g/mol. The quantitative estimate of drug-likeness (QED) is 0.892. The van der Waals surface area contributed by atoms with Crippen LogP contribution in [0, 0.1) is 0 Å². The molecule has 2 rings (SSSR count). The van der Waals surface area contributed by atoms with Gasteiger partial charge in [0.1, 0.15) is 5.75 Å². The van der Waals surface area contributed by atoms with Gasteiger partial charge in [0.2, 0.25) is 0 Å². The molecule has 0 bridgehead atoms. The van der Waals surface area contributed by atoms with Gasteiger partial charge in [0.25, 0.3) is 0 Å². The number of ether oxygens (including phenoxy) is 1. The second-order valence-corrected chi connectivity index (χ2v) is 4.38. The summed E-state index contributed by atoms with van der Waals surface area (Å²) in [5, 5.41) is 0. The summed E-state index contributed by atoms with van der Waals surface area (Å²) in [7, 11) is 3.71. The highest BCUT2D eigenvalue weighted by molar-refractivity contribution is 5.50. The fraction of sp³-hybridized carbons (Fsp3) is 0.267. The molecule has 4 heteroatoms. The number of anilines is 1. The van der Waals surface area contributed by atoms with Gasteiger partial charge in [-0.15, -0.1) is 0 Å². The van der Waals surface area contributed by atoms with Crippen molar-refractivity contribution in [2.75, 3.05) is 19.1 Å². The summed E-state index contributed by atoms with van der Waals surface area (Å²) < 4.78 is 5.16. The minimum absolute atomic E-state index is 0.448. The van der Waals surface area contributed by atoms with E-state index < -0.39 is 0 Å². The van der Waals surface area contributed by atoms with Gasteiger partial charge in [-0.05, 0) is 29.8 Å². The average molecular weight is 257 g/mol. The number of rotatable bonds is 5. The smallest absolute Gasteiger partial charge is 0.118 e. The number of nitrogens with zero attached hydrogens (tertiary/aromatic N) is 2. The standard InChI is InChI=1S/C15H19N3O/c1-18(15-4-3-9-17-14(15)10-16)11-12-5-7-13(19-2)8-6-12/h3-9H,10-11,16H2,1-2H3. The van der Waals surface area contributed by atoms with Crippen LogP contribution in [0.25, 0.3) is 0 Å². The molecule has 2 aromatic rings. The van der Waals surface area contributed by atoms with Crippen LogP contribution in [0.1, 0.15) is 11.3 Å². The lowest BCUT2D eigenvalue weighted by Gasteiger charge is -2.21. The highest BCUT2D eigenvalue weighted by atomic mass is 16.5. The molecule has 0 saturated carbocycles. The predicted molar refractivity (Wildman–Crippen MR) is 77.2 cm³/mol. The van der Waals surface area contributed by atoms with Crippen molar-refractivity contribution in [3.8, 4) is 5.75 Å². The summed E-state index contributed by atoms with van der Waals surface area (Å²) in [5.74, 6) is 0.871. The van der Waals surface area contributed by atoms with Crippen LogP contribution < -0.4 is 15.4 Å². The maximum absolute atomic E-state index is 5.71. The Morgan fingerprint density at radius 3 is 2.58 bits per heavy atom. The van der Waals surface area contributed by atoms with Gasteiger partial charge < -0.3 is 15.4 Å². The SMILES string of the molecule is COc1ccc(CN(C)c2cccnc2CN)cc1. The molecule has 2 N–H and O–H groups in total. The maximum atomic E-state index is 5.71. The first kappa shape index (κ1) is 13.4. The van der Waals surface area contributed by atoms with Crippen molar-refractivity contribution < 1.29 is 4.74 Å². The lowest BCUT2D eigenvalue weighted by atomic mass is 10.2. The molecule has 100 valence electrons. The molecule has 1 aromatic carbocycles. The minimum atomic E-state index is 0.448. The van der Waals surface area contributed by atoms with Crippen LogP contribution in [0.3, 0.4) is 0 Å². The van der Waals surface area contributed by atoms with Crippen molar-refractivity contribution in [1.82, 2.24) is 4.98 Å². The van der Waals surface area contributed by atoms with E-state index in [4.69, 9.17) is 10.5 Å². The van der Waals surface area contributed by atoms with Crippen molar-refractivity contribution >= 4 is 5.69 Å². The van der Waals surface area contributed by atoms with Gasteiger partial charge in [0.15, 0.2) is 0 Å². The number of nitrogens with two attached hydrogens (primary N) is 1. The average Bonchev–Trinajstić information content (AvgIpc) is 2.48. The Bertz CT molecular complexity index is 525. The normalized spacial score (nSPS) is 10.3. The summed E-state index contributed by atoms with van der Waals surface area (Å²) in [6, 6.07) is 12.0. The Labute approximate surface area is 113 Å². The Balaban J connectivity index is 2.13. The number of methoxy groups -OCH3 is 1. The van der Waals surface area contributed by atoms with E-state index in [1.807, 2.05) is 31.3 Å². The van der Waals surface area contributed by atoms with E-state index in [1.54, 1.807) is 13.3 Å². The summed E-state index contributed by atoms with van der Waals surface area (Å²) in [6.07, 6.45) is 1.77. The number of hydrogen-bond acceptors (Lipinski definition) is 4. The number of benzene rings is 1. The first-order chi connectivity index (χ1) is 9.24. The molecule has 4 nitrogen and oxygen atoms in total. The topological polar surface area (TPSA) is 51.4 Å². The van der Waals surface area contributed by atoms with Crippen molar-refractivity contribution in [2.24, 2.45) is 5.73 Å². The number of hydrogen-bond donors (Lipinski definition) is 1. The van der Waals surface area contributed by atoms with Crippen LogP contribution in [0.4, 0.5) is 5.69 Å². The summed E-state index contributed by atoms with van der Waals surface area (Å²) in [4.78, 5) is 6.45. The van der Waals surface area contributed by atoms with Crippen LogP contribution in [-0.2, 0) is 13.1 Å². The maximum Gasteiger partial charge on any atom is 0.118 e. The zero-order valence-corrected chi connectivity index (χ0v) is 11.3. The van der Waals surface area contributed by atoms with Gasteiger partial charge in [-0.3, -0.25) is 4.98 Å². The van der Waals surface area contributed by atoms with E-state index in [0.717, 1.165) is 23.7 Å². The molecule has 1 heterocycles. The molecule has 0 unspecified atom stereocenters. The van der Waals surface area contributed by atoms with Gasteiger partial charge in [-0.1, -0.05) is 12.1 Å². The summed E-state index contributed by atoms with van der Waals surface area (Å²) in [5.41, 5.74) is 8.92. The molecule has 0 aliphatic heterocycles. The fourth-order valence-corrected chi connectivity index (χ4v) is 2.02. The van der Waals surface area contributed by atoms with Crippen LogP contribution >= 0.6 is 0 Å². The van der Waals surface area contributed by atoms with Gasteiger partial charge in [0.05, 0.1) is 18.5 Å². The molecule has 0 amide bonds. The van der Waals surface area contributed by atoms with E-state index in [2.05, 4.69) is 22.0 Å². The van der Waals surface area contributed by atoms with E-state index in [-0.39, 0.29) is 0 Å². The molecule has 0 aliphatic rings. The lowest BCUT2D eigenvalue weighted by Crippen LogP contribution is -2.19. The highest BCUT2D eigenvalue weighted by Crippen LogP contribution is 2.19. The van der Waals surface area contributed by atoms with Crippen molar-refractivity contribution in [1.29, 1.82) is 0 Å². The number of aromatic nitrogens is 1. The van der Waals surface area contributed by atoms with E-state index in [9.17, 15) is 0 Å². The zero-order chi connectivity index (χ0) is 13.7. The molecule has 0 aliphatic carbocycles. The second kappa shape index (κ2) is 6.20. The van der Waals surface area contributed by atoms with Gasteiger partial charge in [-0.2, -0.15) is 0 Å². The van der Waals surface area contributed by atoms with Gasteiger partial charge >= 0.3 is 0 Å². The summed E-state index contributed by atoms with van der Waals surface area (Å²) in [6.45, 7) is 1.26. The second-order valence-electron chi connectivity index (χ2n) is 4.38. The molecule has 0 spiro atoms. The minimum Gasteiger partial charge on any atom is -0.497 e. The predicted octanol–water partition coefficient (Wildman–Crippen LogP) is 2.19. The third-order valence-electron chi connectivity index (χ3n) is 3.05. The van der Waals surface area contributed by atoms with Crippen LogP contribution in [0.5, 0.6) is 5.75 Å².